The first-order chi connectivity index (χ1) is 8.52. The summed E-state index contributed by atoms with van der Waals surface area (Å²) in [6.45, 7) is 1.11. The number of carbonyl (C=O) groups is 1. The van der Waals surface area contributed by atoms with Gasteiger partial charge in [0, 0.05) is 18.7 Å². The average Bonchev–Trinajstić information content (AvgIpc) is 2.50. The maximum Gasteiger partial charge on any atom is 0.152 e. The van der Waals surface area contributed by atoms with E-state index in [1.807, 2.05) is 4.90 Å². The van der Waals surface area contributed by atoms with Gasteiger partial charge in [-0.1, -0.05) is 11.6 Å². The summed E-state index contributed by atoms with van der Waals surface area (Å²) in [5, 5.41) is 0.485. The van der Waals surface area contributed by atoms with Crippen molar-refractivity contribution in [3.05, 3.63) is 28.8 Å². The molecule has 0 saturated carbocycles. The molecule has 1 fully saturated rings. The molecule has 0 aliphatic carbocycles. The highest BCUT2D eigenvalue weighted by atomic mass is 35.5. The summed E-state index contributed by atoms with van der Waals surface area (Å²) in [5.74, 6) is 0.381. The quantitative estimate of drug-likeness (QED) is 0.778. The van der Waals surface area contributed by atoms with Gasteiger partial charge in [0.15, 0.2) is 9.84 Å². The molecule has 0 unspecified atom stereocenters. The van der Waals surface area contributed by atoms with Crippen LogP contribution in [0.1, 0.15) is 16.8 Å². The molecule has 0 bridgehead atoms. The molecule has 1 aliphatic rings. The van der Waals surface area contributed by atoms with Gasteiger partial charge in [-0.05, 0) is 24.6 Å². The van der Waals surface area contributed by atoms with Gasteiger partial charge in [-0.3, -0.25) is 4.79 Å². The molecule has 0 amide bonds. The topological polar surface area (TPSA) is 54.5 Å². The van der Waals surface area contributed by atoms with Crippen molar-refractivity contribution in [1.82, 2.24) is 0 Å². The Morgan fingerprint density at radius 3 is 2.67 bits per heavy atom. The predicted molar refractivity (Wildman–Crippen MR) is 72.3 cm³/mol. The molecule has 1 aromatic rings. The smallest absolute Gasteiger partial charge is 0.152 e. The number of benzene rings is 1. The summed E-state index contributed by atoms with van der Waals surface area (Å²) in [4.78, 5) is 12.6. The highest BCUT2D eigenvalue weighted by Gasteiger charge is 2.20. The van der Waals surface area contributed by atoms with E-state index in [0.717, 1.165) is 12.0 Å². The lowest BCUT2D eigenvalue weighted by Gasteiger charge is -2.23. The van der Waals surface area contributed by atoms with Gasteiger partial charge in [-0.15, -0.1) is 0 Å². The van der Waals surface area contributed by atoms with E-state index < -0.39 is 9.84 Å². The molecule has 6 heteroatoms. The standard InChI is InChI=1S/C12H14ClNO3S/c13-11-8-10(9-15)2-3-12(11)14-4-1-6-18(16,17)7-5-14/h2-3,8-9H,1,4-7H2. The van der Waals surface area contributed by atoms with Crippen LogP contribution in [0.2, 0.25) is 5.02 Å². The summed E-state index contributed by atoms with van der Waals surface area (Å²) < 4.78 is 23.1. The summed E-state index contributed by atoms with van der Waals surface area (Å²) in [6, 6.07) is 5.06. The van der Waals surface area contributed by atoms with Gasteiger partial charge >= 0.3 is 0 Å². The molecule has 98 valence electrons. The second kappa shape index (κ2) is 5.28. The monoisotopic (exact) mass is 287 g/mol. The molecule has 2 rings (SSSR count). The van der Waals surface area contributed by atoms with E-state index in [4.69, 9.17) is 11.6 Å². The summed E-state index contributed by atoms with van der Waals surface area (Å²) in [6.07, 6.45) is 1.34. The van der Waals surface area contributed by atoms with Crippen LogP contribution in [0.5, 0.6) is 0 Å². The van der Waals surface area contributed by atoms with Crippen molar-refractivity contribution in [2.24, 2.45) is 0 Å². The normalized spacial score (nSPS) is 19.3. The van der Waals surface area contributed by atoms with Crippen LogP contribution < -0.4 is 4.90 Å². The van der Waals surface area contributed by atoms with Crippen LogP contribution >= 0.6 is 11.6 Å². The summed E-state index contributed by atoms with van der Waals surface area (Å²) in [7, 11) is -2.93. The van der Waals surface area contributed by atoms with Crippen molar-refractivity contribution in [3.63, 3.8) is 0 Å². The van der Waals surface area contributed by atoms with Crippen LogP contribution in [0.15, 0.2) is 18.2 Å². The third-order valence-corrected chi connectivity index (χ3v) is 5.02. The maximum atomic E-state index is 11.5. The van der Waals surface area contributed by atoms with E-state index >= 15 is 0 Å². The molecule has 1 saturated heterocycles. The van der Waals surface area contributed by atoms with Crippen LogP contribution in [-0.2, 0) is 9.84 Å². The Kier molecular flexibility index (Phi) is 3.92. The first-order valence-corrected chi connectivity index (χ1v) is 7.92. The zero-order valence-electron chi connectivity index (χ0n) is 9.80. The predicted octanol–water partition coefficient (Wildman–Crippen LogP) is 1.78. The van der Waals surface area contributed by atoms with Crippen molar-refractivity contribution in [2.75, 3.05) is 29.5 Å². The van der Waals surface area contributed by atoms with Crippen LogP contribution in [0.4, 0.5) is 5.69 Å². The second-order valence-corrected chi connectivity index (χ2v) is 7.03. The number of anilines is 1. The van der Waals surface area contributed by atoms with Crippen LogP contribution in [-0.4, -0.2) is 39.3 Å². The van der Waals surface area contributed by atoms with E-state index in [9.17, 15) is 13.2 Å². The minimum Gasteiger partial charge on any atom is -0.369 e. The highest BCUT2D eigenvalue weighted by Crippen LogP contribution is 2.27. The van der Waals surface area contributed by atoms with E-state index in [1.54, 1.807) is 18.2 Å². The first-order valence-electron chi connectivity index (χ1n) is 5.72. The highest BCUT2D eigenvalue weighted by molar-refractivity contribution is 7.91. The lowest BCUT2D eigenvalue weighted by Crippen LogP contribution is -2.26. The molecule has 1 heterocycles. The SMILES string of the molecule is O=Cc1ccc(N2CCCS(=O)(=O)CC2)c(Cl)c1. The van der Waals surface area contributed by atoms with Gasteiger partial charge in [-0.2, -0.15) is 0 Å². The lowest BCUT2D eigenvalue weighted by atomic mass is 10.2. The number of aldehydes is 1. The van der Waals surface area contributed by atoms with Gasteiger partial charge in [0.05, 0.1) is 22.2 Å². The molecule has 0 atom stereocenters. The fraction of sp³-hybridized carbons (Fsp3) is 0.417. The van der Waals surface area contributed by atoms with Crippen molar-refractivity contribution >= 4 is 33.4 Å². The third-order valence-electron chi connectivity index (χ3n) is 3.00. The van der Waals surface area contributed by atoms with Gasteiger partial charge in [0.25, 0.3) is 0 Å². The van der Waals surface area contributed by atoms with E-state index in [0.29, 0.717) is 30.1 Å². The largest absolute Gasteiger partial charge is 0.369 e. The van der Waals surface area contributed by atoms with E-state index in [1.165, 1.54) is 0 Å². The molecular weight excluding hydrogens is 274 g/mol. The van der Waals surface area contributed by atoms with Crippen LogP contribution in [0.3, 0.4) is 0 Å². The summed E-state index contributed by atoms with van der Waals surface area (Å²) >= 11 is 6.12. The van der Waals surface area contributed by atoms with Crippen molar-refractivity contribution in [1.29, 1.82) is 0 Å². The Balaban J connectivity index is 2.24. The van der Waals surface area contributed by atoms with Crippen LogP contribution in [0, 0.1) is 0 Å². The maximum absolute atomic E-state index is 11.5. The first kappa shape index (κ1) is 13.4. The molecule has 1 aliphatic heterocycles. The van der Waals surface area contributed by atoms with Crippen LogP contribution in [0.25, 0.3) is 0 Å². The number of nitrogens with zero attached hydrogens (tertiary/aromatic N) is 1. The van der Waals surface area contributed by atoms with Gasteiger partial charge in [0.2, 0.25) is 0 Å². The van der Waals surface area contributed by atoms with E-state index in [-0.39, 0.29) is 11.5 Å². The van der Waals surface area contributed by atoms with Crippen molar-refractivity contribution < 1.29 is 13.2 Å². The molecule has 0 N–H and O–H groups in total. The van der Waals surface area contributed by atoms with Gasteiger partial charge < -0.3 is 4.90 Å². The number of sulfone groups is 1. The zero-order chi connectivity index (χ0) is 13.2. The number of hydrogen-bond acceptors (Lipinski definition) is 4. The zero-order valence-corrected chi connectivity index (χ0v) is 11.4. The minimum absolute atomic E-state index is 0.152. The van der Waals surface area contributed by atoms with Crippen molar-refractivity contribution in [2.45, 2.75) is 6.42 Å². The Labute approximate surface area is 111 Å². The number of carbonyl (C=O) groups excluding carboxylic acids is 1. The number of hydrogen-bond donors (Lipinski definition) is 0. The fourth-order valence-electron chi connectivity index (χ4n) is 2.03. The minimum atomic E-state index is -2.93. The molecule has 0 radical (unpaired) electrons. The fourth-order valence-corrected chi connectivity index (χ4v) is 3.61. The molecular formula is C12H14ClNO3S. The molecule has 0 spiro atoms. The van der Waals surface area contributed by atoms with E-state index in [2.05, 4.69) is 0 Å². The molecule has 18 heavy (non-hydrogen) atoms. The third kappa shape index (κ3) is 3.03. The van der Waals surface area contributed by atoms with Gasteiger partial charge in [0.1, 0.15) is 6.29 Å². The molecule has 0 aromatic heterocycles. The molecule has 4 nitrogen and oxygen atoms in total. The van der Waals surface area contributed by atoms with Gasteiger partial charge in [-0.25, -0.2) is 8.42 Å². The Bertz CT molecular complexity index is 556. The Morgan fingerprint density at radius 1 is 1.22 bits per heavy atom. The Morgan fingerprint density at radius 2 is 2.00 bits per heavy atom. The summed E-state index contributed by atoms with van der Waals surface area (Å²) in [5.41, 5.74) is 1.31. The average molecular weight is 288 g/mol. The molecule has 1 aromatic carbocycles. The number of rotatable bonds is 2. The second-order valence-electron chi connectivity index (χ2n) is 4.32. The number of halogens is 1. The Hall–Kier alpha value is -1.07. The van der Waals surface area contributed by atoms with Crippen molar-refractivity contribution in [3.8, 4) is 0 Å². The lowest BCUT2D eigenvalue weighted by molar-refractivity contribution is 0.112.